The van der Waals surface area contributed by atoms with Gasteiger partial charge in [0.2, 0.25) is 15.9 Å². The van der Waals surface area contributed by atoms with E-state index in [4.69, 9.17) is 18.0 Å². The van der Waals surface area contributed by atoms with Gasteiger partial charge in [-0.05, 0) is 18.6 Å². The van der Waals surface area contributed by atoms with Crippen LogP contribution >= 0.6 is 12.2 Å². The Morgan fingerprint density at radius 2 is 2.29 bits per heavy atom. The Labute approximate surface area is 128 Å². The van der Waals surface area contributed by atoms with E-state index in [9.17, 15) is 13.2 Å². The van der Waals surface area contributed by atoms with E-state index in [2.05, 4.69) is 9.71 Å². The fourth-order valence-corrected chi connectivity index (χ4v) is 3.84. The van der Waals surface area contributed by atoms with E-state index in [0.717, 1.165) is 0 Å². The molecular weight excluding hydrogens is 312 g/mol. The second-order valence-electron chi connectivity index (χ2n) is 4.85. The Hall–Kier alpha value is -1.58. The van der Waals surface area contributed by atoms with Crippen molar-refractivity contribution in [2.24, 2.45) is 5.73 Å². The van der Waals surface area contributed by atoms with E-state index in [1.54, 1.807) is 7.05 Å². The lowest BCUT2D eigenvalue weighted by Gasteiger charge is -2.30. The van der Waals surface area contributed by atoms with Crippen molar-refractivity contribution in [3.63, 3.8) is 0 Å². The minimum Gasteiger partial charge on any atom is -0.388 e. The Bertz CT molecular complexity index is 675. The molecule has 21 heavy (non-hydrogen) atoms. The minimum absolute atomic E-state index is 0.00986. The van der Waals surface area contributed by atoms with Crippen LogP contribution in [-0.2, 0) is 14.8 Å². The number of rotatable bonds is 4. The quantitative estimate of drug-likeness (QED) is 0.730. The van der Waals surface area contributed by atoms with Crippen LogP contribution in [0.25, 0.3) is 0 Å². The molecule has 1 fully saturated rings. The number of aromatic nitrogens is 1. The van der Waals surface area contributed by atoms with Gasteiger partial charge in [-0.1, -0.05) is 12.2 Å². The lowest BCUT2D eigenvalue weighted by atomic mass is 10.1. The molecule has 0 aromatic carbocycles. The molecule has 2 heterocycles. The van der Waals surface area contributed by atoms with E-state index >= 15 is 0 Å². The van der Waals surface area contributed by atoms with Crippen molar-refractivity contribution >= 4 is 33.1 Å². The highest BCUT2D eigenvalue weighted by molar-refractivity contribution is 7.89. The third kappa shape index (κ3) is 3.55. The summed E-state index contributed by atoms with van der Waals surface area (Å²) in [5, 5.41) is 0. The molecule has 1 atom stereocenters. The summed E-state index contributed by atoms with van der Waals surface area (Å²) in [7, 11) is -2.15. The predicted octanol–water partition coefficient (Wildman–Crippen LogP) is -0.385. The van der Waals surface area contributed by atoms with E-state index in [-0.39, 0.29) is 27.5 Å². The molecule has 1 aromatic heterocycles. The van der Waals surface area contributed by atoms with Crippen molar-refractivity contribution in [3.05, 3.63) is 24.0 Å². The van der Waals surface area contributed by atoms with Gasteiger partial charge in [-0.2, -0.15) is 0 Å². The zero-order valence-corrected chi connectivity index (χ0v) is 13.1. The molecule has 1 aromatic rings. The van der Waals surface area contributed by atoms with E-state index in [1.807, 2.05) is 0 Å². The van der Waals surface area contributed by atoms with Crippen LogP contribution in [0.15, 0.2) is 23.2 Å². The van der Waals surface area contributed by atoms with Crippen LogP contribution in [0.4, 0.5) is 0 Å². The van der Waals surface area contributed by atoms with Gasteiger partial charge < -0.3 is 10.6 Å². The third-order valence-electron chi connectivity index (χ3n) is 3.24. The average Bonchev–Trinajstić information content (AvgIpc) is 2.42. The van der Waals surface area contributed by atoms with Gasteiger partial charge in [-0.25, -0.2) is 13.1 Å². The number of thiocarbonyl (C=S) groups is 1. The van der Waals surface area contributed by atoms with Crippen molar-refractivity contribution in [2.45, 2.75) is 23.8 Å². The van der Waals surface area contributed by atoms with Crippen molar-refractivity contribution in [1.82, 2.24) is 14.6 Å². The second kappa shape index (κ2) is 6.04. The van der Waals surface area contributed by atoms with Gasteiger partial charge in [0.1, 0.15) is 15.6 Å². The first kappa shape index (κ1) is 15.8. The fraction of sp³-hybridized carbons (Fsp3) is 0.417. The maximum Gasteiger partial charge on any atom is 0.243 e. The highest BCUT2D eigenvalue weighted by Crippen LogP contribution is 2.16. The normalized spacial score (nSPS) is 19.6. The van der Waals surface area contributed by atoms with Crippen LogP contribution in [0.5, 0.6) is 0 Å². The summed E-state index contributed by atoms with van der Waals surface area (Å²) in [5.41, 5.74) is 5.58. The molecule has 2 rings (SSSR count). The summed E-state index contributed by atoms with van der Waals surface area (Å²) in [6, 6.07) is 2.58. The summed E-state index contributed by atoms with van der Waals surface area (Å²) in [6.07, 6.45) is 2.21. The molecule has 0 bridgehead atoms. The van der Waals surface area contributed by atoms with Crippen molar-refractivity contribution in [2.75, 3.05) is 13.6 Å². The number of nitrogens with zero attached hydrogens (tertiary/aromatic N) is 2. The zero-order valence-electron chi connectivity index (χ0n) is 11.4. The number of likely N-dealkylation sites (N-methyl/N-ethyl adjacent to an activating group) is 1. The number of carbonyl (C=O) groups excluding carboxylic acids is 1. The molecule has 7 nitrogen and oxygen atoms in total. The standard InChI is InChI=1S/C12H16N4O3S2/c1-16-7-8(4-5-10(16)17)15-21(18,19)9-3-2-6-14-11(9)12(13)20/h2-3,6,8,15H,4-5,7H2,1H3,(H2,13,20). The molecule has 0 radical (unpaired) electrons. The molecule has 0 aliphatic carbocycles. The van der Waals surface area contributed by atoms with Gasteiger partial charge in [0, 0.05) is 32.3 Å². The molecule has 1 aliphatic rings. The summed E-state index contributed by atoms with van der Waals surface area (Å²) in [5.74, 6) is 0.00986. The Morgan fingerprint density at radius 3 is 2.90 bits per heavy atom. The molecule has 0 spiro atoms. The maximum absolute atomic E-state index is 12.4. The van der Waals surface area contributed by atoms with Crippen LogP contribution in [0.1, 0.15) is 18.5 Å². The number of pyridine rings is 1. The number of nitrogens with two attached hydrogens (primary N) is 1. The van der Waals surface area contributed by atoms with Crippen molar-refractivity contribution in [3.8, 4) is 0 Å². The predicted molar refractivity (Wildman–Crippen MR) is 81.1 cm³/mol. The molecule has 114 valence electrons. The summed E-state index contributed by atoms with van der Waals surface area (Å²) >= 11 is 4.83. The van der Waals surface area contributed by atoms with Crippen LogP contribution in [0.3, 0.4) is 0 Å². The van der Waals surface area contributed by atoms with Gasteiger partial charge in [0.25, 0.3) is 0 Å². The van der Waals surface area contributed by atoms with E-state index in [0.29, 0.717) is 19.4 Å². The highest BCUT2D eigenvalue weighted by Gasteiger charge is 2.29. The molecule has 0 saturated carbocycles. The third-order valence-corrected chi connectivity index (χ3v) is 4.99. The zero-order chi connectivity index (χ0) is 15.6. The van der Waals surface area contributed by atoms with Gasteiger partial charge in [0.15, 0.2) is 0 Å². The average molecular weight is 328 g/mol. The summed E-state index contributed by atoms with van der Waals surface area (Å²) in [6.45, 7) is 0.334. The molecule has 9 heteroatoms. The van der Waals surface area contributed by atoms with E-state index in [1.165, 1.54) is 23.2 Å². The lowest BCUT2D eigenvalue weighted by Crippen LogP contribution is -2.48. The van der Waals surface area contributed by atoms with Crippen LogP contribution in [-0.4, -0.2) is 48.8 Å². The van der Waals surface area contributed by atoms with Gasteiger partial charge >= 0.3 is 0 Å². The fourth-order valence-electron chi connectivity index (χ4n) is 2.18. The summed E-state index contributed by atoms with van der Waals surface area (Å²) < 4.78 is 27.5. The number of nitrogens with one attached hydrogen (secondary N) is 1. The number of hydrogen-bond acceptors (Lipinski definition) is 5. The Kier molecular flexibility index (Phi) is 4.55. The van der Waals surface area contributed by atoms with Gasteiger partial charge in [-0.3, -0.25) is 9.78 Å². The van der Waals surface area contributed by atoms with Crippen LogP contribution < -0.4 is 10.5 Å². The largest absolute Gasteiger partial charge is 0.388 e. The molecule has 1 amide bonds. The SMILES string of the molecule is CN1CC(NS(=O)(=O)c2cccnc2C(N)=S)CCC1=O. The smallest absolute Gasteiger partial charge is 0.243 e. The molecular formula is C12H16N4O3S2. The molecule has 3 N–H and O–H groups in total. The molecule has 1 aliphatic heterocycles. The maximum atomic E-state index is 12.4. The van der Waals surface area contributed by atoms with Crippen molar-refractivity contribution in [1.29, 1.82) is 0 Å². The second-order valence-corrected chi connectivity index (χ2v) is 6.97. The monoisotopic (exact) mass is 328 g/mol. The number of piperidine rings is 1. The summed E-state index contributed by atoms with van der Waals surface area (Å²) in [4.78, 5) is 16.7. The van der Waals surface area contributed by atoms with E-state index < -0.39 is 10.0 Å². The number of amides is 1. The van der Waals surface area contributed by atoms with Gasteiger partial charge in [-0.15, -0.1) is 0 Å². The number of likely N-dealkylation sites (tertiary alicyclic amines) is 1. The molecule has 1 saturated heterocycles. The minimum atomic E-state index is -3.79. The topological polar surface area (TPSA) is 105 Å². The number of sulfonamides is 1. The Balaban J connectivity index is 2.23. The Morgan fingerprint density at radius 1 is 1.57 bits per heavy atom. The van der Waals surface area contributed by atoms with Gasteiger partial charge in [0.05, 0.1) is 0 Å². The first-order valence-corrected chi connectivity index (χ1v) is 8.21. The highest BCUT2D eigenvalue weighted by atomic mass is 32.2. The molecule has 1 unspecified atom stereocenters. The van der Waals surface area contributed by atoms with Crippen LogP contribution in [0.2, 0.25) is 0 Å². The number of carbonyl (C=O) groups is 1. The first-order valence-electron chi connectivity index (χ1n) is 6.32. The van der Waals surface area contributed by atoms with Crippen LogP contribution in [0, 0.1) is 0 Å². The lowest BCUT2D eigenvalue weighted by molar-refractivity contribution is -0.132. The first-order chi connectivity index (χ1) is 9.81. The van der Waals surface area contributed by atoms with Crippen molar-refractivity contribution < 1.29 is 13.2 Å². The number of hydrogen-bond donors (Lipinski definition) is 2.